The molecule has 0 heterocycles. The van der Waals surface area contributed by atoms with Crippen LogP contribution in [0.2, 0.25) is 0 Å². The monoisotopic (exact) mass is 726 g/mol. The van der Waals surface area contributed by atoms with Crippen LogP contribution in [0.5, 0.6) is 0 Å². The molecule has 0 aliphatic rings. The molecule has 0 aliphatic heterocycles. The third kappa shape index (κ3) is 18.3. The highest BCUT2D eigenvalue weighted by atomic mass is 16.6. The maximum absolute atomic E-state index is 6.73. The van der Waals surface area contributed by atoms with Crippen LogP contribution in [-0.2, 0) is 53.0 Å². The third-order valence-corrected chi connectivity index (χ3v) is 8.16. The summed E-state index contributed by atoms with van der Waals surface area (Å²) in [4.78, 5) is 0. The van der Waals surface area contributed by atoms with Crippen molar-refractivity contribution >= 4 is 0 Å². The van der Waals surface area contributed by atoms with Gasteiger partial charge in [-0.2, -0.15) is 0 Å². The fourth-order valence-electron chi connectivity index (χ4n) is 5.18. The summed E-state index contributed by atoms with van der Waals surface area (Å²) >= 11 is 0. The second-order valence-electron chi connectivity index (χ2n) is 12.1. The van der Waals surface area contributed by atoms with Gasteiger partial charge in [0.1, 0.15) is 5.60 Å². The van der Waals surface area contributed by atoms with Gasteiger partial charge in [-0.1, -0.05) is 111 Å². The Morgan fingerprint density at radius 3 is 0.885 bits per heavy atom. The lowest BCUT2D eigenvalue weighted by Crippen LogP contribution is -2.34. The van der Waals surface area contributed by atoms with E-state index in [2.05, 4.69) is 50.2 Å². The Hall–Kier alpha value is -2.74. The number of rotatable bonds is 34. The zero-order valence-corrected chi connectivity index (χ0v) is 31.5. The highest BCUT2D eigenvalue weighted by molar-refractivity contribution is 5.47. The van der Waals surface area contributed by atoms with Gasteiger partial charge in [-0.3, -0.25) is 0 Å². The summed E-state index contributed by atoms with van der Waals surface area (Å²) in [6.45, 7) is 14.4. The molecule has 0 radical (unpaired) electrons. The van der Waals surface area contributed by atoms with Crippen molar-refractivity contribution in [3.05, 3.63) is 108 Å². The number of hydrogen-bond donors (Lipinski definition) is 0. The molecule has 0 saturated heterocycles. The Morgan fingerprint density at radius 2 is 0.615 bits per heavy atom. The average molecular weight is 727 g/mol. The molecule has 3 rings (SSSR count). The lowest BCUT2D eigenvalue weighted by molar-refractivity contribution is -0.0399. The van der Waals surface area contributed by atoms with Crippen molar-refractivity contribution in [3.8, 4) is 0 Å². The molecule has 0 spiro atoms. The van der Waals surface area contributed by atoms with E-state index in [-0.39, 0.29) is 0 Å². The van der Waals surface area contributed by atoms with Crippen molar-refractivity contribution < 1.29 is 47.4 Å². The molecule has 0 N–H and O–H groups in total. The number of ether oxygens (including phenoxy) is 10. The largest absolute Gasteiger partial charge is 0.379 e. The van der Waals surface area contributed by atoms with Gasteiger partial charge >= 0.3 is 0 Å². The van der Waals surface area contributed by atoms with E-state index >= 15 is 0 Å². The van der Waals surface area contributed by atoms with Crippen LogP contribution in [-0.4, -0.2) is 126 Å². The van der Waals surface area contributed by atoms with E-state index in [1.165, 1.54) is 0 Å². The van der Waals surface area contributed by atoms with Crippen LogP contribution in [0, 0.1) is 5.92 Å². The first-order valence-electron chi connectivity index (χ1n) is 18.8. The molecule has 52 heavy (non-hydrogen) atoms. The fraction of sp³-hybridized carbons (Fsp3) is 0.571. The van der Waals surface area contributed by atoms with Gasteiger partial charge in [0.25, 0.3) is 0 Å². The summed E-state index contributed by atoms with van der Waals surface area (Å²) in [6, 6.07) is 31.0. The van der Waals surface area contributed by atoms with Crippen molar-refractivity contribution in [2.24, 2.45) is 5.92 Å². The van der Waals surface area contributed by atoms with Crippen molar-refractivity contribution in [1.82, 2.24) is 0 Å². The molecule has 0 saturated carbocycles. The van der Waals surface area contributed by atoms with Gasteiger partial charge < -0.3 is 47.4 Å². The average Bonchev–Trinajstić information content (AvgIpc) is 3.19. The van der Waals surface area contributed by atoms with Crippen LogP contribution in [0.4, 0.5) is 0 Å². The van der Waals surface area contributed by atoms with Gasteiger partial charge in [-0.15, -0.1) is 0 Å². The smallest absolute Gasteiger partial charge is 0.143 e. The van der Waals surface area contributed by atoms with Gasteiger partial charge in [0.2, 0.25) is 0 Å². The van der Waals surface area contributed by atoms with Crippen molar-refractivity contribution in [1.29, 1.82) is 0 Å². The summed E-state index contributed by atoms with van der Waals surface area (Å²) in [6.07, 6.45) is 1.13. The number of benzene rings is 3. The molecule has 1 unspecified atom stereocenters. The number of hydrogen-bond acceptors (Lipinski definition) is 10. The standard InChI is InChI=1S/C42H62O10/c1-3-38(2)37-51-34-33-49-30-29-47-26-25-45-22-21-43-19-20-44-23-24-46-27-28-48-31-32-50-35-36-52-42(39-13-7-4-8-14-39,40-15-9-5-10-16-40)41-17-11-6-12-18-41/h4-18,38H,3,19-37H2,1-2H3. The Bertz CT molecular complexity index is 1100. The Morgan fingerprint density at radius 1 is 0.365 bits per heavy atom. The van der Waals surface area contributed by atoms with Gasteiger partial charge in [-0.05, 0) is 22.6 Å². The minimum absolute atomic E-state index is 0.420. The molecule has 1 atom stereocenters. The molecule has 10 nitrogen and oxygen atoms in total. The van der Waals surface area contributed by atoms with Crippen molar-refractivity contribution in [3.63, 3.8) is 0 Å². The van der Waals surface area contributed by atoms with Crippen LogP contribution in [0.25, 0.3) is 0 Å². The SMILES string of the molecule is CCC(C)COCCOCCOCCOCCOCCOCCOCCOCCOCCOC(c1ccccc1)(c1ccccc1)c1ccccc1. The molecule has 0 aromatic heterocycles. The van der Waals surface area contributed by atoms with Crippen LogP contribution in [0.3, 0.4) is 0 Å². The zero-order valence-electron chi connectivity index (χ0n) is 31.5. The molecule has 0 aliphatic carbocycles. The topological polar surface area (TPSA) is 92.3 Å². The Balaban J connectivity index is 1.09. The molecule has 3 aromatic rings. The first kappa shape index (κ1) is 43.7. The molecule has 10 heteroatoms. The van der Waals surface area contributed by atoms with Gasteiger partial charge in [0.05, 0.1) is 119 Å². The lowest BCUT2D eigenvalue weighted by atomic mass is 9.80. The Labute approximate surface area is 311 Å². The van der Waals surface area contributed by atoms with E-state index in [0.29, 0.717) is 125 Å². The van der Waals surface area contributed by atoms with E-state index in [4.69, 9.17) is 47.4 Å². The van der Waals surface area contributed by atoms with E-state index in [9.17, 15) is 0 Å². The maximum atomic E-state index is 6.73. The van der Waals surface area contributed by atoms with E-state index in [1.54, 1.807) is 0 Å². The fourth-order valence-corrected chi connectivity index (χ4v) is 5.18. The quantitative estimate of drug-likeness (QED) is 0.0524. The van der Waals surface area contributed by atoms with E-state index in [1.807, 2.05) is 54.6 Å². The lowest BCUT2D eigenvalue weighted by Gasteiger charge is -2.36. The van der Waals surface area contributed by atoms with Gasteiger partial charge in [0, 0.05) is 6.61 Å². The summed E-state index contributed by atoms with van der Waals surface area (Å²) in [7, 11) is 0. The highest BCUT2D eigenvalue weighted by Crippen LogP contribution is 2.40. The minimum atomic E-state index is -0.748. The molecule has 0 bridgehead atoms. The minimum Gasteiger partial charge on any atom is -0.379 e. The normalized spacial score (nSPS) is 12.3. The second kappa shape index (κ2) is 29.7. The first-order chi connectivity index (χ1) is 25.8. The highest BCUT2D eigenvalue weighted by Gasteiger charge is 2.37. The van der Waals surface area contributed by atoms with Crippen LogP contribution >= 0.6 is 0 Å². The van der Waals surface area contributed by atoms with Gasteiger partial charge in [0.15, 0.2) is 0 Å². The van der Waals surface area contributed by atoms with Crippen LogP contribution in [0.1, 0.15) is 37.0 Å². The van der Waals surface area contributed by atoms with Crippen molar-refractivity contribution in [2.75, 3.05) is 126 Å². The zero-order chi connectivity index (χ0) is 36.6. The summed E-state index contributed by atoms with van der Waals surface area (Å²) in [5, 5.41) is 0. The molecule has 3 aromatic carbocycles. The van der Waals surface area contributed by atoms with E-state index in [0.717, 1.165) is 29.7 Å². The third-order valence-electron chi connectivity index (χ3n) is 8.16. The van der Waals surface area contributed by atoms with Gasteiger partial charge in [-0.25, -0.2) is 0 Å². The summed E-state index contributed by atoms with van der Waals surface area (Å²) in [5.41, 5.74) is 2.46. The molecule has 290 valence electrons. The molecule has 0 amide bonds. The van der Waals surface area contributed by atoms with E-state index < -0.39 is 5.60 Å². The maximum Gasteiger partial charge on any atom is 0.143 e. The summed E-state index contributed by atoms with van der Waals surface area (Å²) in [5.74, 6) is 0.595. The molecule has 0 fully saturated rings. The summed E-state index contributed by atoms with van der Waals surface area (Å²) < 4.78 is 56.9. The molecular weight excluding hydrogens is 664 g/mol. The van der Waals surface area contributed by atoms with Crippen LogP contribution in [0.15, 0.2) is 91.0 Å². The predicted molar refractivity (Wildman–Crippen MR) is 202 cm³/mol. The van der Waals surface area contributed by atoms with Crippen molar-refractivity contribution in [2.45, 2.75) is 25.9 Å². The predicted octanol–water partition coefficient (Wildman–Crippen LogP) is 6.19. The first-order valence-corrected chi connectivity index (χ1v) is 18.8. The van der Waals surface area contributed by atoms with Crippen LogP contribution < -0.4 is 0 Å². The second-order valence-corrected chi connectivity index (χ2v) is 12.1. The molecular formula is C42H62O10. The Kier molecular flexibility index (Phi) is 24.9.